The van der Waals surface area contributed by atoms with Crippen molar-refractivity contribution in [2.45, 2.75) is 25.4 Å². The quantitative estimate of drug-likeness (QED) is 0.489. The van der Waals surface area contributed by atoms with Gasteiger partial charge in [-0.25, -0.2) is 8.42 Å². The molecular formula is C20H23N5O3S2. The van der Waals surface area contributed by atoms with Crippen molar-refractivity contribution in [3.8, 4) is 5.69 Å². The smallest absolute Gasteiger partial charge is 0.234 e. The third kappa shape index (κ3) is 6.07. The molecule has 0 radical (unpaired) electrons. The number of rotatable bonds is 9. The van der Waals surface area contributed by atoms with E-state index in [2.05, 4.69) is 20.2 Å². The highest BCUT2D eigenvalue weighted by Crippen LogP contribution is 2.21. The maximum atomic E-state index is 12.3. The Bertz CT molecular complexity index is 1090. The maximum absolute atomic E-state index is 12.3. The summed E-state index contributed by atoms with van der Waals surface area (Å²) in [5.74, 6) is 0.0310. The van der Waals surface area contributed by atoms with E-state index in [0.29, 0.717) is 23.0 Å². The van der Waals surface area contributed by atoms with Gasteiger partial charge in [-0.15, -0.1) is 10.2 Å². The first-order chi connectivity index (χ1) is 14.4. The summed E-state index contributed by atoms with van der Waals surface area (Å²) in [5.41, 5.74) is 3.13. The topological polar surface area (TPSA) is 106 Å². The number of amides is 1. The fourth-order valence-electron chi connectivity index (χ4n) is 2.65. The summed E-state index contributed by atoms with van der Waals surface area (Å²) in [7, 11) is -3.34. The number of hydrogen-bond acceptors (Lipinski definition) is 6. The van der Waals surface area contributed by atoms with Crippen molar-refractivity contribution in [3.05, 3.63) is 60.4 Å². The van der Waals surface area contributed by atoms with Crippen molar-refractivity contribution >= 4 is 39.1 Å². The number of aromatic nitrogens is 3. The fraction of sp³-hybridized carbons (Fsp3) is 0.250. The van der Waals surface area contributed by atoms with Crippen molar-refractivity contribution < 1.29 is 13.2 Å². The number of hydrogen-bond donors (Lipinski definition) is 2. The highest BCUT2D eigenvalue weighted by molar-refractivity contribution is 7.99. The van der Waals surface area contributed by atoms with Gasteiger partial charge in [0.05, 0.1) is 11.5 Å². The van der Waals surface area contributed by atoms with Gasteiger partial charge in [-0.05, 0) is 49.7 Å². The van der Waals surface area contributed by atoms with Crippen molar-refractivity contribution in [2.24, 2.45) is 0 Å². The van der Waals surface area contributed by atoms with Crippen molar-refractivity contribution in [2.75, 3.05) is 21.5 Å². The molecule has 1 aromatic heterocycles. The standard InChI is InChI=1S/C20H23N5O3S2/c1-3-12-30(27,28)24-17-8-6-16(7-9-17)22-19(26)13-29-20-23-21-14-25(20)18-10-4-15(2)5-11-18/h4-11,14,24H,3,12-13H2,1-2H3,(H,22,26). The van der Waals surface area contributed by atoms with Gasteiger partial charge in [-0.1, -0.05) is 36.4 Å². The second-order valence-electron chi connectivity index (χ2n) is 6.65. The molecule has 8 nitrogen and oxygen atoms in total. The normalized spacial score (nSPS) is 11.3. The average molecular weight is 446 g/mol. The molecule has 30 heavy (non-hydrogen) atoms. The molecule has 2 N–H and O–H groups in total. The Hall–Kier alpha value is -2.85. The fourth-order valence-corrected chi connectivity index (χ4v) is 4.52. The first kappa shape index (κ1) is 21.8. The lowest BCUT2D eigenvalue weighted by atomic mass is 10.2. The van der Waals surface area contributed by atoms with Gasteiger partial charge in [0.2, 0.25) is 15.9 Å². The monoisotopic (exact) mass is 445 g/mol. The predicted octanol–water partition coefficient (Wildman–Crippen LogP) is 3.46. The number of nitrogens with zero attached hydrogens (tertiary/aromatic N) is 3. The third-order valence-corrected chi connectivity index (χ3v) is 6.51. The largest absolute Gasteiger partial charge is 0.325 e. The molecule has 0 aliphatic carbocycles. The molecule has 0 unspecified atom stereocenters. The summed E-state index contributed by atoms with van der Waals surface area (Å²) in [4.78, 5) is 12.3. The predicted molar refractivity (Wildman–Crippen MR) is 120 cm³/mol. The number of aryl methyl sites for hydroxylation is 1. The van der Waals surface area contributed by atoms with Crippen LogP contribution in [0.4, 0.5) is 11.4 Å². The zero-order valence-electron chi connectivity index (χ0n) is 16.7. The molecule has 1 heterocycles. The zero-order chi connectivity index (χ0) is 21.6. The van der Waals surface area contributed by atoms with Crippen molar-refractivity contribution in [1.82, 2.24) is 14.8 Å². The zero-order valence-corrected chi connectivity index (χ0v) is 18.3. The summed E-state index contributed by atoms with van der Waals surface area (Å²) < 4.78 is 28.0. The number of nitrogens with one attached hydrogen (secondary N) is 2. The Kier molecular flexibility index (Phi) is 7.11. The first-order valence-electron chi connectivity index (χ1n) is 9.36. The van der Waals surface area contributed by atoms with E-state index in [-0.39, 0.29) is 17.4 Å². The van der Waals surface area contributed by atoms with Gasteiger partial charge in [-0.3, -0.25) is 14.1 Å². The minimum atomic E-state index is -3.34. The Labute approximate surface area is 180 Å². The van der Waals surface area contributed by atoms with Crippen LogP contribution in [-0.2, 0) is 14.8 Å². The Morgan fingerprint density at radius 1 is 1.07 bits per heavy atom. The molecule has 0 aliphatic rings. The second-order valence-corrected chi connectivity index (χ2v) is 9.44. The van der Waals surface area contributed by atoms with Crippen LogP contribution in [0, 0.1) is 6.92 Å². The van der Waals surface area contributed by atoms with Gasteiger partial charge in [0, 0.05) is 17.1 Å². The molecule has 1 amide bonds. The average Bonchev–Trinajstić information content (AvgIpc) is 3.17. The van der Waals surface area contributed by atoms with E-state index in [4.69, 9.17) is 0 Å². The van der Waals surface area contributed by atoms with Crippen LogP contribution in [0.2, 0.25) is 0 Å². The molecule has 0 spiro atoms. The number of thioether (sulfide) groups is 1. The van der Waals surface area contributed by atoms with Crippen LogP contribution in [0.25, 0.3) is 5.69 Å². The Morgan fingerprint density at radius 2 is 1.73 bits per heavy atom. The van der Waals surface area contributed by atoms with Gasteiger partial charge < -0.3 is 5.32 Å². The number of carbonyl (C=O) groups is 1. The molecular weight excluding hydrogens is 422 g/mol. The van der Waals surface area contributed by atoms with Crippen LogP contribution in [0.15, 0.2) is 60.0 Å². The highest BCUT2D eigenvalue weighted by atomic mass is 32.2. The maximum Gasteiger partial charge on any atom is 0.234 e. The highest BCUT2D eigenvalue weighted by Gasteiger charge is 2.11. The lowest BCUT2D eigenvalue weighted by Crippen LogP contribution is -2.16. The number of benzene rings is 2. The van der Waals surface area contributed by atoms with E-state index in [0.717, 1.165) is 11.3 Å². The summed E-state index contributed by atoms with van der Waals surface area (Å²) in [6.45, 7) is 3.82. The van der Waals surface area contributed by atoms with Crippen LogP contribution in [-0.4, -0.2) is 40.6 Å². The third-order valence-electron chi connectivity index (χ3n) is 4.08. The van der Waals surface area contributed by atoms with E-state index in [9.17, 15) is 13.2 Å². The molecule has 0 saturated carbocycles. The minimum absolute atomic E-state index is 0.0654. The number of sulfonamides is 1. The van der Waals surface area contributed by atoms with E-state index >= 15 is 0 Å². The summed E-state index contributed by atoms with van der Waals surface area (Å²) in [5, 5.41) is 11.4. The molecule has 3 aromatic rings. The molecule has 10 heteroatoms. The lowest BCUT2D eigenvalue weighted by Gasteiger charge is -2.09. The summed E-state index contributed by atoms with van der Waals surface area (Å²) in [6.07, 6.45) is 2.15. The molecule has 0 aliphatic heterocycles. The Balaban J connectivity index is 1.56. The summed E-state index contributed by atoms with van der Waals surface area (Å²) in [6, 6.07) is 14.5. The van der Waals surface area contributed by atoms with Gasteiger partial charge in [-0.2, -0.15) is 0 Å². The molecule has 0 atom stereocenters. The van der Waals surface area contributed by atoms with Crippen LogP contribution in [0.1, 0.15) is 18.9 Å². The van der Waals surface area contributed by atoms with Crippen LogP contribution in [0.3, 0.4) is 0 Å². The van der Waals surface area contributed by atoms with Gasteiger partial charge >= 0.3 is 0 Å². The van der Waals surface area contributed by atoms with E-state index in [1.54, 1.807) is 37.5 Å². The van der Waals surface area contributed by atoms with Crippen molar-refractivity contribution in [1.29, 1.82) is 0 Å². The molecule has 3 rings (SSSR count). The van der Waals surface area contributed by atoms with Gasteiger partial charge in [0.15, 0.2) is 5.16 Å². The molecule has 158 valence electrons. The number of carbonyl (C=O) groups excluding carboxylic acids is 1. The van der Waals surface area contributed by atoms with Gasteiger partial charge in [0.25, 0.3) is 0 Å². The van der Waals surface area contributed by atoms with Crippen molar-refractivity contribution in [3.63, 3.8) is 0 Å². The van der Waals surface area contributed by atoms with E-state index < -0.39 is 10.0 Å². The minimum Gasteiger partial charge on any atom is -0.325 e. The molecule has 0 bridgehead atoms. The van der Waals surface area contributed by atoms with E-state index in [1.165, 1.54) is 11.8 Å². The second kappa shape index (κ2) is 9.77. The molecule has 2 aromatic carbocycles. The molecule has 0 saturated heterocycles. The van der Waals surface area contributed by atoms with Crippen LogP contribution in [0.5, 0.6) is 0 Å². The Morgan fingerprint density at radius 3 is 2.40 bits per heavy atom. The lowest BCUT2D eigenvalue weighted by molar-refractivity contribution is -0.113. The van der Waals surface area contributed by atoms with Crippen LogP contribution >= 0.6 is 11.8 Å². The van der Waals surface area contributed by atoms with Crippen LogP contribution < -0.4 is 10.0 Å². The molecule has 0 fully saturated rings. The van der Waals surface area contributed by atoms with E-state index in [1.807, 2.05) is 35.8 Å². The number of anilines is 2. The first-order valence-corrected chi connectivity index (χ1v) is 12.0. The summed E-state index contributed by atoms with van der Waals surface area (Å²) >= 11 is 1.28. The SMILES string of the molecule is CCCS(=O)(=O)Nc1ccc(NC(=O)CSc2nncn2-c2ccc(C)cc2)cc1. The van der Waals surface area contributed by atoms with Gasteiger partial charge in [0.1, 0.15) is 6.33 Å².